The first-order chi connectivity index (χ1) is 15.6. The van der Waals surface area contributed by atoms with Gasteiger partial charge in [0.2, 0.25) is 0 Å². The summed E-state index contributed by atoms with van der Waals surface area (Å²) >= 11 is 0. The molecule has 1 saturated heterocycles. The number of aryl methyl sites for hydroxylation is 1. The fourth-order valence-corrected chi connectivity index (χ4v) is 3.53. The second-order valence-electron chi connectivity index (χ2n) is 7.87. The Labute approximate surface area is 190 Å². The number of benzene rings is 2. The molecule has 3 rings (SSSR count). The van der Waals surface area contributed by atoms with Crippen LogP contribution >= 0.6 is 0 Å². The number of aliphatic imine (C=N–C) groups is 1. The molecular weight excluding hydrogens is 404 g/mol. The van der Waals surface area contributed by atoms with E-state index in [-0.39, 0.29) is 12.0 Å². The molecule has 7 heteroatoms. The molecule has 1 atom stereocenters. The SMILES string of the molecule is CCNC(=NCc1ccc(C)cc1OC1CCOC1)NCCc1cccc(C(=O)NC)c1. The van der Waals surface area contributed by atoms with Crippen molar-refractivity contribution in [3.8, 4) is 5.75 Å². The first-order valence-electron chi connectivity index (χ1n) is 11.3. The third-order valence-electron chi connectivity index (χ3n) is 5.28. The Morgan fingerprint density at radius 3 is 2.84 bits per heavy atom. The molecule has 2 aromatic carbocycles. The summed E-state index contributed by atoms with van der Waals surface area (Å²) in [6.07, 6.45) is 1.81. The van der Waals surface area contributed by atoms with Gasteiger partial charge in [-0.3, -0.25) is 4.79 Å². The first kappa shape index (κ1) is 23.6. The molecule has 2 aromatic rings. The number of ether oxygens (including phenoxy) is 2. The smallest absolute Gasteiger partial charge is 0.251 e. The molecule has 1 amide bonds. The van der Waals surface area contributed by atoms with Crippen LogP contribution in [0.2, 0.25) is 0 Å². The highest BCUT2D eigenvalue weighted by Crippen LogP contribution is 2.24. The number of nitrogens with one attached hydrogen (secondary N) is 3. The maximum atomic E-state index is 11.8. The number of hydrogen-bond acceptors (Lipinski definition) is 4. The maximum Gasteiger partial charge on any atom is 0.251 e. The highest BCUT2D eigenvalue weighted by Gasteiger charge is 2.18. The van der Waals surface area contributed by atoms with E-state index >= 15 is 0 Å². The van der Waals surface area contributed by atoms with Crippen molar-refractivity contribution in [2.24, 2.45) is 4.99 Å². The standard InChI is InChI=1S/C25H34N4O3/c1-4-27-25(28-12-10-19-6-5-7-20(15-19)24(30)26-3)29-16-21-9-8-18(2)14-23(21)32-22-11-13-31-17-22/h5-9,14-15,22H,4,10-13,16-17H2,1-3H3,(H,26,30)(H2,27,28,29). The van der Waals surface area contributed by atoms with Crippen LogP contribution in [0.4, 0.5) is 0 Å². The lowest BCUT2D eigenvalue weighted by molar-refractivity contribution is 0.0963. The van der Waals surface area contributed by atoms with Crippen LogP contribution in [0.5, 0.6) is 5.75 Å². The number of hydrogen-bond donors (Lipinski definition) is 3. The summed E-state index contributed by atoms with van der Waals surface area (Å²) in [4.78, 5) is 16.6. The van der Waals surface area contributed by atoms with Gasteiger partial charge in [0.15, 0.2) is 5.96 Å². The molecule has 1 unspecified atom stereocenters. The van der Waals surface area contributed by atoms with Crippen LogP contribution in [0.15, 0.2) is 47.5 Å². The maximum absolute atomic E-state index is 11.8. The fraction of sp³-hybridized carbons (Fsp3) is 0.440. The van der Waals surface area contributed by atoms with Crippen molar-refractivity contribution >= 4 is 11.9 Å². The Morgan fingerprint density at radius 1 is 1.22 bits per heavy atom. The molecule has 1 aliphatic heterocycles. The number of amides is 1. The summed E-state index contributed by atoms with van der Waals surface area (Å²) in [5.41, 5.74) is 3.99. The summed E-state index contributed by atoms with van der Waals surface area (Å²) in [6, 6.07) is 13.9. The van der Waals surface area contributed by atoms with E-state index in [1.807, 2.05) is 31.2 Å². The highest BCUT2D eigenvalue weighted by molar-refractivity contribution is 5.94. The van der Waals surface area contributed by atoms with E-state index in [1.165, 1.54) is 0 Å². The van der Waals surface area contributed by atoms with E-state index in [1.54, 1.807) is 7.05 Å². The first-order valence-corrected chi connectivity index (χ1v) is 11.3. The van der Waals surface area contributed by atoms with Gasteiger partial charge < -0.3 is 25.4 Å². The van der Waals surface area contributed by atoms with Gasteiger partial charge in [-0.1, -0.05) is 24.3 Å². The number of carbonyl (C=O) groups excluding carboxylic acids is 1. The van der Waals surface area contributed by atoms with Crippen LogP contribution in [-0.4, -0.2) is 51.3 Å². The van der Waals surface area contributed by atoms with Crippen molar-refractivity contribution < 1.29 is 14.3 Å². The number of carbonyl (C=O) groups is 1. The predicted molar refractivity (Wildman–Crippen MR) is 127 cm³/mol. The Bertz CT molecular complexity index is 923. The van der Waals surface area contributed by atoms with Crippen molar-refractivity contribution in [1.29, 1.82) is 0 Å². The third-order valence-corrected chi connectivity index (χ3v) is 5.28. The summed E-state index contributed by atoms with van der Waals surface area (Å²) in [6.45, 7) is 7.51. The predicted octanol–water partition coefficient (Wildman–Crippen LogP) is 2.82. The van der Waals surface area contributed by atoms with Gasteiger partial charge in [0, 0.05) is 37.7 Å². The second kappa shape index (κ2) is 12.1. The van der Waals surface area contributed by atoms with Gasteiger partial charge in [-0.05, 0) is 49.6 Å². The van der Waals surface area contributed by atoms with Crippen molar-refractivity contribution in [1.82, 2.24) is 16.0 Å². The van der Waals surface area contributed by atoms with Crippen LogP contribution in [0, 0.1) is 6.92 Å². The molecule has 0 aromatic heterocycles. The summed E-state index contributed by atoms with van der Waals surface area (Å²) in [7, 11) is 1.64. The minimum Gasteiger partial charge on any atom is -0.488 e. The molecule has 0 bridgehead atoms. The normalized spacial score (nSPS) is 16.0. The molecule has 1 fully saturated rings. The summed E-state index contributed by atoms with van der Waals surface area (Å²) < 4.78 is 11.6. The number of rotatable bonds is 9. The minimum atomic E-state index is -0.0741. The molecule has 0 saturated carbocycles. The van der Waals surface area contributed by atoms with E-state index < -0.39 is 0 Å². The van der Waals surface area contributed by atoms with E-state index in [0.29, 0.717) is 25.3 Å². The lowest BCUT2D eigenvalue weighted by Crippen LogP contribution is -2.38. The van der Waals surface area contributed by atoms with Gasteiger partial charge >= 0.3 is 0 Å². The van der Waals surface area contributed by atoms with Crippen molar-refractivity contribution in [3.63, 3.8) is 0 Å². The number of guanidine groups is 1. The van der Waals surface area contributed by atoms with Crippen LogP contribution in [0.1, 0.15) is 40.4 Å². The van der Waals surface area contributed by atoms with Crippen molar-refractivity contribution in [2.45, 2.75) is 39.3 Å². The molecular formula is C25H34N4O3. The third kappa shape index (κ3) is 6.99. The largest absolute Gasteiger partial charge is 0.488 e. The average Bonchev–Trinajstić information content (AvgIpc) is 3.31. The van der Waals surface area contributed by atoms with E-state index in [4.69, 9.17) is 14.5 Å². The molecule has 172 valence electrons. The molecule has 0 spiro atoms. The molecule has 3 N–H and O–H groups in total. The molecule has 0 aliphatic carbocycles. The van der Waals surface area contributed by atoms with Gasteiger partial charge in [-0.2, -0.15) is 0 Å². The van der Waals surface area contributed by atoms with Crippen LogP contribution < -0.4 is 20.7 Å². The zero-order chi connectivity index (χ0) is 22.8. The Hall–Kier alpha value is -3.06. The van der Waals surface area contributed by atoms with E-state index in [9.17, 15) is 4.79 Å². The van der Waals surface area contributed by atoms with Gasteiger partial charge in [0.25, 0.3) is 5.91 Å². The Morgan fingerprint density at radius 2 is 2.09 bits per heavy atom. The lowest BCUT2D eigenvalue weighted by atomic mass is 10.1. The van der Waals surface area contributed by atoms with E-state index in [2.05, 4.69) is 41.1 Å². The average molecular weight is 439 g/mol. The molecule has 1 aliphatic rings. The quantitative estimate of drug-likeness (QED) is 0.414. The Balaban J connectivity index is 1.61. The molecule has 1 heterocycles. The highest BCUT2D eigenvalue weighted by atomic mass is 16.5. The topological polar surface area (TPSA) is 84.0 Å². The zero-order valence-corrected chi connectivity index (χ0v) is 19.2. The summed E-state index contributed by atoms with van der Waals surface area (Å²) in [5.74, 6) is 1.56. The second-order valence-corrected chi connectivity index (χ2v) is 7.87. The van der Waals surface area contributed by atoms with Crippen molar-refractivity contribution in [2.75, 3.05) is 33.4 Å². The van der Waals surface area contributed by atoms with Crippen LogP contribution in [0.3, 0.4) is 0 Å². The van der Waals surface area contributed by atoms with Crippen LogP contribution in [-0.2, 0) is 17.7 Å². The van der Waals surface area contributed by atoms with Gasteiger partial charge in [-0.15, -0.1) is 0 Å². The van der Waals surface area contributed by atoms with E-state index in [0.717, 1.165) is 54.4 Å². The molecule has 0 radical (unpaired) electrons. The molecule has 7 nitrogen and oxygen atoms in total. The van der Waals surface area contributed by atoms with Crippen molar-refractivity contribution in [3.05, 3.63) is 64.7 Å². The van der Waals surface area contributed by atoms with Gasteiger partial charge in [0.05, 0.1) is 19.8 Å². The lowest BCUT2D eigenvalue weighted by Gasteiger charge is -2.16. The number of nitrogens with zero attached hydrogens (tertiary/aromatic N) is 1. The minimum absolute atomic E-state index is 0.0741. The van der Waals surface area contributed by atoms with Crippen LogP contribution in [0.25, 0.3) is 0 Å². The fourth-order valence-electron chi connectivity index (χ4n) is 3.53. The van der Waals surface area contributed by atoms with Gasteiger partial charge in [-0.25, -0.2) is 4.99 Å². The summed E-state index contributed by atoms with van der Waals surface area (Å²) in [5, 5.41) is 9.34. The molecule has 32 heavy (non-hydrogen) atoms. The van der Waals surface area contributed by atoms with Gasteiger partial charge in [0.1, 0.15) is 11.9 Å². The zero-order valence-electron chi connectivity index (χ0n) is 19.2. The Kier molecular flexibility index (Phi) is 8.92. The monoisotopic (exact) mass is 438 g/mol.